The molecule has 2 heterocycles. The second kappa shape index (κ2) is 4.89. The first-order valence-corrected chi connectivity index (χ1v) is 5.47. The number of carboxylic acids is 1. The van der Waals surface area contributed by atoms with Gasteiger partial charge in [0.05, 0.1) is 0 Å². The lowest BCUT2D eigenvalue weighted by atomic mass is 10.3. The van der Waals surface area contributed by atoms with Gasteiger partial charge in [0.2, 0.25) is 0 Å². The van der Waals surface area contributed by atoms with Crippen LogP contribution >= 0.6 is 0 Å². The fourth-order valence-electron chi connectivity index (χ4n) is 1.46. The summed E-state index contributed by atoms with van der Waals surface area (Å²) in [5.41, 5.74) is 0.195. The minimum Gasteiger partial charge on any atom is -0.477 e. The number of carboxylic acid groups (broad SMARTS) is 1. The van der Waals surface area contributed by atoms with Gasteiger partial charge in [-0.1, -0.05) is 6.07 Å². The molecule has 0 saturated carbocycles. The molecule has 19 heavy (non-hydrogen) atoms. The van der Waals surface area contributed by atoms with Gasteiger partial charge in [-0.25, -0.2) is 14.5 Å². The van der Waals surface area contributed by atoms with E-state index in [1.807, 2.05) is 0 Å². The molecule has 1 N–H and O–H groups in total. The fraction of sp³-hybridized carbons (Fsp3) is 0.167. The third-order valence-electron chi connectivity index (χ3n) is 2.40. The summed E-state index contributed by atoms with van der Waals surface area (Å²) in [5, 5.41) is 12.9. The minimum absolute atomic E-state index is 0.0755. The number of carbonyl (C=O) groups is 2. The smallest absolute Gasteiger partial charge is 0.354 e. The van der Waals surface area contributed by atoms with Gasteiger partial charge in [0.15, 0.2) is 17.2 Å². The Morgan fingerprint density at radius 1 is 1.21 bits per heavy atom. The van der Waals surface area contributed by atoms with Crippen molar-refractivity contribution in [1.82, 2.24) is 19.7 Å². The van der Waals surface area contributed by atoms with Gasteiger partial charge in [0.1, 0.15) is 0 Å². The number of nitrogens with zero attached hydrogens (tertiary/aromatic N) is 4. The van der Waals surface area contributed by atoms with Crippen LogP contribution in [0.5, 0.6) is 0 Å². The summed E-state index contributed by atoms with van der Waals surface area (Å²) in [6, 6.07) is 6.13. The normalized spacial score (nSPS) is 10.2. The zero-order valence-corrected chi connectivity index (χ0v) is 10.4. The van der Waals surface area contributed by atoms with E-state index in [9.17, 15) is 9.59 Å². The van der Waals surface area contributed by atoms with Crippen LogP contribution in [0.25, 0.3) is 5.82 Å². The van der Waals surface area contributed by atoms with Gasteiger partial charge >= 0.3 is 5.97 Å². The van der Waals surface area contributed by atoms with E-state index >= 15 is 0 Å². The van der Waals surface area contributed by atoms with Crippen molar-refractivity contribution in [1.29, 1.82) is 0 Å². The Bertz CT molecular complexity index is 633. The van der Waals surface area contributed by atoms with Gasteiger partial charge in [-0.15, -0.1) is 0 Å². The predicted molar refractivity (Wildman–Crippen MR) is 66.3 cm³/mol. The van der Waals surface area contributed by atoms with Crippen LogP contribution in [0.15, 0.2) is 30.5 Å². The highest BCUT2D eigenvalue weighted by Crippen LogP contribution is 2.07. The molecule has 0 fully saturated rings. The van der Waals surface area contributed by atoms with Crippen molar-refractivity contribution in [2.45, 2.75) is 0 Å². The predicted octanol–water partition coefficient (Wildman–Crippen LogP) is 0.667. The molecule has 0 aromatic carbocycles. The molecule has 7 nitrogen and oxygen atoms in total. The van der Waals surface area contributed by atoms with Crippen LogP contribution in [0, 0.1) is 0 Å². The molecule has 7 heteroatoms. The third kappa shape index (κ3) is 2.59. The fourth-order valence-corrected chi connectivity index (χ4v) is 1.46. The second-order valence-corrected chi connectivity index (χ2v) is 4.03. The van der Waals surface area contributed by atoms with Gasteiger partial charge in [-0.3, -0.25) is 4.79 Å². The molecule has 0 radical (unpaired) electrons. The first kappa shape index (κ1) is 12.7. The Morgan fingerprint density at radius 2 is 1.95 bits per heavy atom. The number of amides is 1. The summed E-state index contributed by atoms with van der Waals surface area (Å²) in [7, 11) is 3.26. The van der Waals surface area contributed by atoms with E-state index in [1.165, 1.54) is 15.6 Å². The molecule has 0 spiro atoms. The third-order valence-corrected chi connectivity index (χ3v) is 2.40. The highest BCUT2D eigenvalue weighted by molar-refractivity contribution is 5.91. The van der Waals surface area contributed by atoms with E-state index in [2.05, 4.69) is 10.1 Å². The van der Waals surface area contributed by atoms with Crippen molar-refractivity contribution in [2.75, 3.05) is 14.1 Å². The molecule has 98 valence electrons. The monoisotopic (exact) mass is 260 g/mol. The number of carbonyl (C=O) groups excluding carboxylic acids is 1. The van der Waals surface area contributed by atoms with Gasteiger partial charge in [-0.05, 0) is 18.2 Å². The molecule has 0 atom stereocenters. The average molecular weight is 260 g/mol. The topological polar surface area (TPSA) is 88.3 Å². The van der Waals surface area contributed by atoms with Crippen LogP contribution in [-0.4, -0.2) is 50.7 Å². The Balaban J connectivity index is 2.35. The van der Waals surface area contributed by atoms with Crippen LogP contribution in [-0.2, 0) is 0 Å². The highest BCUT2D eigenvalue weighted by Gasteiger charge is 2.13. The highest BCUT2D eigenvalue weighted by atomic mass is 16.4. The zero-order valence-electron chi connectivity index (χ0n) is 10.4. The van der Waals surface area contributed by atoms with Crippen molar-refractivity contribution >= 4 is 11.9 Å². The lowest BCUT2D eigenvalue weighted by Crippen LogP contribution is -2.22. The number of hydrogen-bond acceptors (Lipinski definition) is 4. The van der Waals surface area contributed by atoms with Gasteiger partial charge in [0, 0.05) is 20.3 Å². The number of rotatable bonds is 3. The Labute approximate surface area is 109 Å². The lowest BCUT2D eigenvalue weighted by molar-refractivity contribution is 0.0689. The number of aromatic carboxylic acids is 1. The van der Waals surface area contributed by atoms with Gasteiger partial charge < -0.3 is 10.0 Å². The van der Waals surface area contributed by atoms with Crippen molar-refractivity contribution in [3.8, 4) is 5.82 Å². The van der Waals surface area contributed by atoms with E-state index in [0.29, 0.717) is 5.82 Å². The molecule has 0 bridgehead atoms. The van der Waals surface area contributed by atoms with Crippen LogP contribution < -0.4 is 0 Å². The molecular formula is C12H12N4O3. The zero-order chi connectivity index (χ0) is 14.0. The minimum atomic E-state index is -1.11. The van der Waals surface area contributed by atoms with Crippen molar-refractivity contribution in [3.63, 3.8) is 0 Å². The maximum Gasteiger partial charge on any atom is 0.354 e. The van der Waals surface area contributed by atoms with E-state index in [4.69, 9.17) is 5.11 Å². The van der Waals surface area contributed by atoms with Gasteiger partial charge in [0.25, 0.3) is 5.91 Å². The maximum absolute atomic E-state index is 11.7. The summed E-state index contributed by atoms with van der Waals surface area (Å²) >= 11 is 0. The van der Waals surface area contributed by atoms with Crippen molar-refractivity contribution in [3.05, 3.63) is 41.9 Å². The second-order valence-electron chi connectivity index (χ2n) is 4.03. The molecule has 2 aromatic heterocycles. The largest absolute Gasteiger partial charge is 0.477 e. The van der Waals surface area contributed by atoms with Gasteiger partial charge in [-0.2, -0.15) is 5.10 Å². The molecule has 0 unspecified atom stereocenters. The molecule has 0 aliphatic carbocycles. The van der Waals surface area contributed by atoms with Crippen LogP contribution in [0.4, 0.5) is 0 Å². The van der Waals surface area contributed by atoms with E-state index in [0.717, 1.165) is 0 Å². The molecule has 1 amide bonds. The summed E-state index contributed by atoms with van der Waals surface area (Å²) in [6.07, 6.45) is 1.56. The van der Waals surface area contributed by atoms with Crippen molar-refractivity contribution in [2.24, 2.45) is 0 Å². The molecule has 2 aromatic rings. The number of aromatic nitrogens is 3. The van der Waals surface area contributed by atoms with E-state index in [-0.39, 0.29) is 17.3 Å². The first-order chi connectivity index (χ1) is 8.99. The molecule has 0 aliphatic rings. The molecule has 2 rings (SSSR count). The van der Waals surface area contributed by atoms with E-state index in [1.54, 1.807) is 38.5 Å². The molecule has 0 aliphatic heterocycles. The van der Waals surface area contributed by atoms with Crippen LogP contribution in [0.2, 0.25) is 0 Å². The molecular weight excluding hydrogens is 248 g/mol. The van der Waals surface area contributed by atoms with Crippen LogP contribution in [0.3, 0.4) is 0 Å². The summed E-state index contributed by atoms with van der Waals surface area (Å²) in [4.78, 5) is 27.9. The summed E-state index contributed by atoms with van der Waals surface area (Å²) in [6.45, 7) is 0. The Hall–Kier alpha value is -2.70. The lowest BCUT2D eigenvalue weighted by Gasteiger charge is -2.06. The first-order valence-electron chi connectivity index (χ1n) is 5.47. The summed E-state index contributed by atoms with van der Waals surface area (Å²) < 4.78 is 1.36. The maximum atomic E-state index is 11.7. The Kier molecular flexibility index (Phi) is 3.28. The quantitative estimate of drug-likeness (QED) is 0.876. The Morgan fingerprint density at radius 3 is 2.58 bits per heavy atom. The van der Waals surface area contributed by atoms with Crippen molar-refractivity contribution < 1.29 is 14.7 Å². The SMILES string of the molecule is CN(C)C(=O)c1ccn(-c2cccc(C(=O)O)n2)n1. The molecule has 0 saturated heterocycles. The standard InChI is InChI=1S/C12H12N4O3/c1-15(2)11(17)8-6-7-16(14-8)10-5-3-4-9(13-10)12(18)19/h3-7H,1-2H3,(H,18,19). The number of hydrogen-bond donors (Lipinski definition) is 1. The van der Waals surface area contributed by atoms with Crippen LogP contribution in [0.1, 0.15) is 21.0 Å². The average Bonchev–Trinajstić information content (AvgIpc) is 2.87. The van der Waals surface area contributed by atoms with E-state index < -0.39 is 5.97 Å². The number of pyridine rings is 1. The summed E-state index contributed by atoms with van der Waals surface area (Å²) in [5.74, 6) is -0.996.